The lowest BCUT2D eigenvalue weighted by atomic mass is 10.1. The van der Waals surface area contributed by atoms with Crippen molar-refractivity contribution in [2.45, 2.75) is 6.61 Å². The van der Waals surface area contributed by atoms with E-state index in [1.807, 2.05) is 24.3 Å². The van der Waals surface area contributed by atoms with Gasteiger partial charge in [-0.3, -0.25) is 4.79 Å². The maximum atomic E-state index is 13.4. The van der Waals surface area contributed by atoms with E-state index in [1.165, 1.54) is 23.9 Å². The molecule has 32 heavy (non-hydrogen) atoms. The maximum Gasteiger partial charge on any atom is 0.264 e. The number of amides is 1. The Morgan fingerprint density at radius 3 is 2.69 bits per heavy atom. The van der Waals surface area contributed by atoms with E-state index in [0.717, 1.165) is 15.8 Å². The van der Waals surface area contributed by atoms with Gasteiger partial charge in [0.1, 0.15) is 23.9 Å². The van der Waals surface area contributed by atoms with Crippen LogP contribution in [-0.2, 0) is 11.4 Å². The number of amidine groups is 1. The molecular weight excluding hydrogens is 495 g/mol. The van der Waals surface area contributed by atoms with Crippen LogP contribution >= 0.6 is 27.7 Å². The summed E-state index contributed by atoms with van der Waals surface area (Å²) in [4.78, 5) is 17.5. The molecule has 5 nitrogen and oxygen atoms in total. The van der Waals surface area contributed by atoms with Gasteiger partial charge in [0.2, 0.25) is 0 Å². The third-order valence-electron chi connectivity index (χ3n) is 4.50. The lowest BCUT2D eigenvalue weighted by molar-refractivity contribution is -0.115. The topological polar surface area (TPSA) is 59.9 Å². The van der Waals surface area contributed by atoms with Crippen molar-refractivity contribution in [1.29, 1.82) is 0 Å². The first-order valence-corrected chi connectivity index (χ1v) is 11.2. The van der Waals surface area contributed by atoms with E-state index in [4.69, 9.17) is 9.47 Å². The monoisotopic (exact) mass is 512 g/mol. The van der Waals surface area contributed by atoms with Gasteiger partial charge in [-0.25, -0.2) is 9.38 Å². The summed E-state index contributed by atoms with van der Waals surface area (Å²) >= 11 is 4.71. The molecule has 0 aliphatic carbocycles. The quantitative estimate of drug-likeness (QED) is 0.407. The van der Waals surface area contributed by atoms with E-state index in [2.05, 4.69) is 26.2 Å². The van der Waals surface area contributed by atoms with Crippen LogP contribution in [0.4, 0.5) is 10.1 Å². The molecule has 0 unspecified atom stereocenters. The van der Waals surface area contributed by atoms with Crippen LogP contribution in [0.3, 0.4) is 0 Å². The Labute approximate surface area is 197 Å². The van der Waals surface area contributed by atoms with Crippen LogP contribution in [0.2, 0.25) is 0 Å². The number of methoxy groups -OCH3 is 1. The number of benzene rings is 3. The van der Waals surface area contributed by atoms with Gasteiger partial charge in [-0.1, -0.05) is 28.1 Å². The van der Waals surface area contributed by atoms with Gasteiger partial charge in [0.25, 0.3) is 5.91 Å². The van der Waals surface area contributed by atoms with Gasteiger partial charge in [0.15, 0.2) is 5.17 Å². The van der Waals surface area contributed by atoms with Gasteiger partial charge in [0, 0.05) is 10.0 Å². The highest BCUT2D eigenvalue weighted by molar-refractivity contribution is 9.10. The summed E-state index contributed by atoms with van der Waals surface area (Å²) in [5.41, 5.74) is 2.14. The van der Waals surface area contributed by atoms with Gasteiger partial charge < -0.3 is 14.8 Å². The van der Waals surface area contributed by atoms with Crippen molar-refractivity contribution in [2.24, 2.45) is 4.99 Å². The minimum absolute atomic E-state index is 0.207. The van der Waals surface area contributed by atoms with E-state index in [-0.39, 0.29) is 18.3 Å². The first-order chi connectivity index (χ1) is 15.5. The highest BCUT2D eigenvalue weighted by Gasteiger charge is 2.24. The number of hydrogen-bond acceptors (Lipinski definition) is 5. The fraction of sp³-hybridized carbons (Fsp3) is 0.0833. The van der Waals surface area contributed by atoms with Crippen LogP contribution in [0.25, 0.3) is 6.08 Å². The molecule has 0 radical (unpaired) electrons. The Balaban J connectivity index is 1.54. The molecule has 8 heteroatoms. The van der Waals surface area contributed by atoms with E-state index in [0.29, 0.717) is 27.1 Å². The summed E-state index contributed by atoms with van der Waals surface area (Å²) in [6.45, 7) is 0.207. The van der Waals surface area contributed by atoms with Crippen LogP contribution in [-0.4, -0.2) is 18.2 Å². The second kappa shape index (κ2) is 10.0. The number of hydrogen-bond donors (Lipinski definition) is 1. The van der Waals surface area contributed by atoms with Crippen molar-refractivity contribution in [3.8, 4) is 11.5 Å². The zero-order valence-electron chi connectivity index (χ0n) is 17.0. The Hall–Kier alpha value is -3.10. The fourth-order valence-electron chi connectivity index (χ4n) is 2.95. The second-order valence-corrected chi connectivity index (χ2v) is 8.73. The molecule has 4 rings (SSSR count). The summed E-state index contributed by atoms with van der Waals surface area (Å²) in [5.74, 6) is 0.766. The average Bonchev–Trinajstić information content (AvgIpc) is 3.12. The molecule has 1 fully saturated rings. The normalized spacial score (nSPS) is 15.8. The van der Waals surface area contributed by atoms with Crippen LogP contribution in [0.15, 0.2) is 81.1 Å². The van der Waals surface area contributed by atoms with Crippen molar-refractivity contribution in [1.82, 2.24) is 5.32 Å². The molecule has 3 aromatic carbocycles. The van der Waals surface area contributed by atoms with Gasteiger partial charge in [0.05, 0.1) is 17.7 Å². The number of rotatable bonds is 6. The maximum absolute atomic E-state index is 13.4. The Morgan fingerprint density at radius 2 is 1.94 bits per heavy atom. The molecule has 1 amide bonds. The van der Waals surface area contributed by atoms with Crippen molar-refractivity contribution in [3.63, 3.8) is 0 Å². The lowest BCUT2D eigenvalue weighted by Gasteiger charge is -2.10. The standard InChI is InChI=1S/C24H18BrFN2O3S/c1-30-20-8-6-19(7-9-20)27-24-28-23(29)22(32-24)13-16-12-17(25)5-10-21(16)31-14-15-3-2-4-18(26)11-15/h2-13H,14H2,1H3,(H,27,28,29)/b22-13+. The Kier molecular flexibility index (Phi) is 6.92. The van der Waals surface area contributed by atoms with Crippen molar-refractivity contribution >= 4 is 50.5 Å². The highest BCUT2D eigenvalue weighted by atomic mass is 79.9. The summed E-state index contributed by atoms with van der Waals surface area (Å²) in [6.07, 6.45) is 1.75. The van der Waals surface area contributed by atoms with Crippen molar-refractivity contribution in [3.05, 3.63) is 93.1 Å². The van der Waals surface area contributed by atoms with E-state index < -0.39 is 0 Å². The number of aliphatic imine (C=N–C) groups is 1. The highest BCUT2D eigenvalue weighted by Crippen LogP contribution is 2.32. The van der Waals surface area contributed by atoms with E-state index in [1.54, 1.807) is 43.5 Å². The molecule has 0 bridgehead atoms. The first kappa shape index (κ1) is 22.1. The number of halogens is 2. The molecule has 1 heterocycles. The van der Waals surface area contributed by atoms with Crippen LogP contribution < -0.4 is 14.8 Å². The number of carbonyl (C=O) groups is 1. The zero-order valence-corrected chi connectivity index (χ0v) is 19.4. The molecule has 162 valence electrons. The van der Waals surface area contributed by atoms with Gasteiger partial charge in [-0.15, -0.1) is 0 Å². The summed E-state index contributed by atoms with van der Waals surface area (Å²) < 4.78 is 25.3. The summed E-state index contributed by atoms with van der Waals surface area (Å²) in [5, 5.41) is 3.27. The van der Waals surface area contributed by atoms with Crippen molar-refractivity contribution < 1.29 is 18.7 Å². The third-order valence-corrected chi connectivity index (χ3v) is 5.90. The molecule has 1 aliphatic heterocycles. The summed E-state index contributed by atoms with van der Waals surface area (Å²) in [7, 11) is 1.60. The van der Waals surface area contributed by atoms with Gasteiger partial charge >= 0.3 is 0 Å². The Morgan fingerprint density at radius 1 is 1.12 bits per heavy atom. The first-order valence-electron chi connectivity index (χ1n) is 9.60. The zero-order chi connectivity index (χ0) is 22.5. The molecular formula is C24H18BrFN2O3S. The molecule has 0 saturated carbocycles. The molecule has 1 N–H and O–H groups in total. The molecule has 1 aliphatic rings. The number of nitrogens with one attached hydrogen (secondary N) is 1. The summed E-state index contributed by atoms with van der Waals surface area (Å²) in [6, 6.07) is 19.0. The molecule has 0 spiro atoms. The molecule has 1 saturated heterocycles. The van der Waals surface area contributed by atoms with Crippen LogP contribution in [0, 0.1) is 5.82 Å². The smallest absolute Gasteiger partial charge is 0.264 e. The largest absolute Gasteiger partial charge is 0.497 e. The lowest BCUT2D eigenvalue weighted by Crippen LogP contribution is -2.19. The number of nitrogens with zero attached hydrogens (tertiary/aromatic N) is 1. The predicted octanol–water partition coefficient (Wildman–Crippen LogP) is 6.07. The molecule has 3 aromatic rings. The van der Waals surface area contributed by atoms with Crippen LogP contribution in [0.1, 0.15) is 11.1 Å². The minimum Gasteiger partial charge on any atom is -0.497 e. The van der Waals surface area contributed by atoms with Crippen LogP contribution in [0.5, 0.6) is 11.5 Å². The number of thioether (sulfide) groups is 1. The number of carbonyl (C=O) groups excluding carboxylic acids is 1. The van der Waals surface area contributed by atoms with E-state index in [9.17, 15) is 9.18 Å². The second-order valence-electron chi connectivity index (χ2n) is 6.78. The van der Waals surface area contributed by atoms with Gasteiger partial charge in [-0.2, -0.15) is 0 Å². The SMILES string of the molecule is COc1ccc(N=C2NC(=O)/C(=C\c3cc(Br)ccc3OCc3cccc(F)c3)S2)cc1. The molecule has 0 atom stereocenters. The average molecular weight is 513 g/mol. The molecule has 0 aromatic heterocycles. The Bertz CT molecular complexity index is 1210. The third kappa shape index (κ3) is 5.57. The number of ether oxygens (including phenoxy) is 2. The van der Waals surface area contributed by atoms with Gasteiger partial charge in [-0.05, 0) is 78.0 Å². The fourth-order valence-corrected chi connectivity index (χ4v) is 4.16. The predicted molar refractivity (Wildman–Crippen MR) is 129 cm³/mol. The van der Waals surface area contributed by atoms with Crippen molar-refractivity contribution in [2.75, 3.05) is 7.11 Å². The van der Waals surface area contributed by atoms with E-state index >= 15 is 0 Å². The minimum atomic E-state index is -0.313.